The molecule has 8 nitrogen and oxygen atoms in total. The van der Waals surface area contributed by atoms with Crippen molar-refractivity contribution in [3.8, 4) is 22.3 Å². The Morgan fingerprint density at radius 1 is 0.192 bits per heavy atom. The van der Waals surface area contributed by atoms with Gasteiger partial charge in [-0.3, -0.25) is 9.59 Å². The molecule has 2 aliphatic carbocycles. The Morgan fingerprint density at radius 3 is 0.792 bits per heavy atom. The highest BCUT2D eigenvalue weighted by Crippen LogP contribution is 2.55. The standard InChI is InChI=1S/C50H37BrN2O2.C50H35BrN2.C14H7BrO2/c51-38-29-34-47-48(35-38)50(55,37-27-32-44(33-28-37)53(41-19-9-3-10-20-41)42-21-11-4-12-22-42)46-24-14-13-23-45(46)49(47,54)36-25-30-43(31-26-36)52(39-15-5-1-6-16-39)40-17-7-2-8-18-40;51-38-29-34-47-48(35-38)50(37-27-32-44(33-28-37)53(41-19-9-3-10-20-41)42-21-11-4-12-22-42)46-24-14-13-23-45(46)49(47)36-25-30-43(31-26-36)52(39-15-5-1-6-16-39)40-17-7-2-8-18-40;15-8-5-6-11-12(7-8)14(17)10-4-2-1-3-9(10)13(11)16/h1-35,54-55H;1-35H;1-7H. The molecule has 19 aromatic rings. The minimum atomic E-state index is -1.57. The number of hydrogen-bond donors (Lipinski definition) is 2. The first-order valence-corrected chi connectivity index (χ1v) is 43.8. The van der Waals surface area contributed by atoms with E-state index in [-0.39, 0.29) is 11.6 Å². The zero-order valence-electron chi connectivity index (χ0n) is 67.6. The summed E-state index contributed by atoms with van der Waals surface area (Å²) in [6.45, 7) is 0. The molecule has 0 amide bonds. The molecule has 2 N–H and O–H groups in total. The van der Waals surface area contributed by atoms with Gasteiger partial charge in [0.25, 0.3) is 0 Å². The van der Waals surface area contributed by atoms with Crippen molar-refractivity contribution >= 4 is 149 Å². The van der Waals surface area contributed by atoms with E-state index >= 15 is 0 Å². The lowest BCUT2D eigenvalue weighted by Crippen LogP contribution is -2.44. The number of ketones is 2. The Labute approximate surface area is 752 Å². The van der Waals surface area contributed by atoms with Crippen molar-refractivity contribution in [1.82, 2.24) is 0 Å². The van der Waals surface area contributed by atoms with Crippen LogP contribution in [0.2, 0.25) is 0 Å². The van der Waals surface area contributed by atoms with Crippen molar-refractivity contribution in [3.63, 3.8) is 0 Å². The first-order chi connectivity index (χ1) is 61.4. The van der Waals surface area contributed by atoms with Gasteiger partial charge in [-0.05, 0) is 260 Å². The largest absolute Gasteiger partial charge is 0.376 e. The number of rotatable bonds is 16. The number of hydrogen-bond acceptors (Lipinski definition) is 8. The lowest BCUT2D eigenvalue weighted by Gasteiger charge is -2.45. The van der Waals surface area contributed by atoms with Crippen LogP contribution in [-0.2, 0) is 11.2 Å². The summed E-state index contributed by atoms with van der Waals surface area (Å²) in [5.74, 6) is -0.167. The Kier molecular flexibility index (Phi) is 22.6. The van der Waals surface area contributed by atoms with E-state index in [1.165, 1.54) is 43.8 Å². The van der Waals surface area contributed by atoms with Gasteiger partial charge in [0.05, 0.1) is 0 Å². The molecule has 2 atom stereocenters. The highest BCUT2D eigenvalue weighted by molar-refractivity contribution is 9.11. The zero-order valence-corrected chi connectivity index (χ0v) is 72.3. The smallest absolute Gasteiger partial charge is 0.194 e. The lowest BCUT2D eigenvalue weighted by molar-refractivity contribution is 0.0747. The third-order valence-electron chi connectivity index (χ3n) is 23.4. The highest BCUT2D eigenvalue weighted by atomic mass is 79.9. The molecular weight excluding hydrogens is 1730 g/mol. The summed E-state index contributed by atoms with van der Waals surface area (Å²) in [7, 11) is 0. The molecule has 2 unspecified atom stereocenters. The van der Waals surface area contributed by atoms with Crippen LogP contribution in [0.15, 0.2) is 481 Å². The minimum Gasteiger partial charge on any atom is -0.376 e. The summed E-state index contributed by atoms with van der Waals surface area (Å²) < 4.78 is 2.66. The molecule has 21 rings (SSSR count). The first kappa shape index (κ1) is 80.3. The van der Waals surface area contributed by atoms with Crippen LogP contribution in [0.4, 0.5) is 68.2 Å². The summed E-state index contributed by atoms with van der Waals surface area (Å²) in [6, 6.07) is 159. The lowest BCUT2D eigenvalue weighted by atomic mass is 9.63. The van der Waals surface area contributed by atoms with Crippen LogP contribution < -0.4 is 19.6 Å². The second-order valence-electron chi connectivity index (χ2n) is 30.7. The molecule has 0 fully saturated rings. The van der Waals surface area contributed by atoms with Crippen LogP contribution in [0.25, 0.3) is 43.8 Å². The third-order valence-corrected chi connectivity index (χ3v) is 24.9. The van der Waals surface area contributed by atoms with Crippen molar-refractivity contribution in [1.29, 1.82) is 0 Å². The van der Waals surface area contributed by atoms with Gasteiger partial charge < -0.3 is 29.8 Å². The number of para-hydroxylation sites is 8. The predicted molar refractivity (Wildman–Crippen MR) is 524 cm³/mol. The molecule has 0 aliphatic heterocycles. The third kappa shape index (κ3) is 15.6. The molecule has 0 bridgehead atoms. The Morgan fingerprint density at radius 2 is 0.432 bits per heavy atom. The van der Waals surface area contributed by atoms with Gasteiger partial charge >= 0.3 is 0 Å². The maximum absolute atomic E-state index is 13.2. The van der Waals surface area contributed by atoms with Crippen LogP contribution >= 0.6 is 47.8 Å². The molecule has 19 aromatic carbocycles. The molecule has 0 aromatic heterocycles. The van der Waals surface area contributed by atoms with Gasteiger partial charge in [-0.1, -0.05) is 327 Å². The van der Waals surface area contributed by atoms with Gasteiger partial charge in [-0.15, -0.1) is 0 Å². The molecular formula is C114H79Br3N4O4. The second-order valence-corrected chi connectivity index (χ2v) is 33.5. The first-order valence-electron chi connectivity index (χ1n) is 41.4. The Balaban J connectivity index is 0.000000138. The fourth-order valence-electron chi connectivity index (χ4n) is 17.7. The topological polar surface area (TPSA) is 87.6 Å². The normalized spacial score (nSPS) is 14.1. The maximum atomic E-state index is 13.2. The molecule has 0 saturated carbocycles. The van der Waals surface area contributed by atoms with Gasteiger partial charge in [-0.25, -0.2) is 0 Å². The monoisotopic (exact) mass is 1800 g/mol. The number of benzene rings is 19. The van der Waals surface area contributed by atoms with Crippen molar-refractivity contribution in [2.75, 3.05) is 19.6 Å². The summed E-state index contributed by atoms with van der Waals surface area (Å²) in [5, 5.41) is 31.3. The highest BCUT2D eigenvalue weighted by Gasteiger charge is 2.51. The number of halogens is 3. The average Bonchev–Trinajstić information content (AvgIpc) is 0.690. The van der Waals surface area contributed by atoms with E-state index in [1.807, 2.05) is 140 Å². The molecule has 0 saturated heterocycles. The fraction of sp³-hybridized carbons (Fsp3) is 0.0175. The van der Waals surface area contributed by atoms with E-state index in [2.05, 4.69) is 353 Å². The molecule has 0 heterocycles. The molecule has 0 spiro atoms. The molecule has 11 heteroatoms. The van der Waals surface area contributed by atoms with E-state index in [4.69, 9.17) is 0 Å². The molecule has 600 valence electrons. The fourth-order valence-corrected chi connectivity index (χ4v) is 18.7. The number of anilines is 12. The van der Waals surface area contributed by atoms with Crippen LogP contribution in [0.5, 0.6) is 0 Å². The van der Waals surface area contributed by atoms with Crippen LogP contribution in [-0.4, -0.2) is 21.8 Å². The molecule has 125 heavy (non-hydrogen) atoms. The minimum absolute atomic E-state index is 0.0808. The summed E-state index contributed by atoms with van der Waals surface area (Å²) >= 11 is 10.8. The van der Waals surface area contributed by atoms with Gasteiger partial charge in [-0.2, -0.15) is 0 Å². The Bertz CT molecular complexity index is 6950. The van der Waals surface area contributed by atoms with E-state index in [0.29, 0.717) is 55.6 Å². The van der Waals surface area contributed by atoms with E-state index in [1.54, 1.807) is 42.5 Å². The van der Waals surface area contributed by atoms with Crippen LogP contribution in [0.3, 0.4) is 0 Å². The van der Waals surface area contributed by atoms with Gasteiger partial charge in [0.1, 0.15) is 11.2 Å². The number of carbonyl (C=O) groups is 2. The van der Waals surface area contributed by atoms with Crippen molar-refractivity contribution < 1.29 is 19.8 Å². The van der Waals surface area contributed by atoms with E-state index < -0.39 is 11.2 Å². The van der Waals surface area contributed by atoms with Crippen molar-refractivity contribution in [2.24, 2.45) is 0 Å². The van der Waals surface area contributed by atoms with Crippen LogP contribution in [0.1, 0.15) is 65.2 Å². The Hall–Kier alpha value is -14.4. The van der Waals surface area contributed by atoms with Gasteiger partial charge in [0, 0.05) is 109 Å². The number of fused-ring (bicyclic) bond motifs is 6. The molecule has 0 radical (unpaired) electrons. The predicted octanol–water partition coefficient (Wildman–Crippen LogP) is 30.5. The summed E-state index contributed by atoms with van der Waals surface area (Å²) in [6.07, 6.45) is 0. The average molecular weight is 1810 g/mol. The maximum Gasteiger partial charge on any atom is 0.194 e. The van der Waals surface area contributed by atoms with Crippen molar-refractivity contribution in [2.45, 2.75) is 11.2 Å². The van der Waals surface area contributed by atoms with Gasteiger partial charge in [0.15, 0.2) is 11.6 Å². The summed E-state index contributed by atoms with van der Waals surface area (Å²) in [5.41, 5.74) is 20.3. The zero-order chi connectivity index (χ0) is 85.0. The summed E-state index contributed by atoms with van der Waals surface area (Å²) in [4.78, 5) is 33.4. The number of nitrogens with zero attached hydrogens (tertiary/aromatic N) is 4. The SMILES string of the molecule is Brc1ccc2c(-c3ccc(N(c4ccccc4)c4ccccc4)cc3)c3ccccc3c(-c3ccc(N(c4ccccc4)c4ccccc4)cc3)c2c1.O=C1c2ccccc2C(=O)c2cc(Br)ccc21.OC1(c2ccc(N(c3ccccc3)c3ccccc3)cc2)c2ccccc2C(O)(c2ccc(N(c3ccccc3)c3ccccc3)cc2)c2cc(Br)ccc21. The van der Waals surface area contributed by atoms with E-state index in [0.717, 1.165) is 81.7 Å². The number of carbonyl (C=O) groups excluding carboxylic acids is 2. The molecule has 2 aliphatic rings. The number of aliphatic hydroxyl groups is 2. The van der Waals surface area contributed by atoms with Crippen molar-refractivity contribution in [3.05, 3.63) is 536 Å². The van der Waals surface area contributed by atoms with Crippen LogP contribution in [0, 0.1) is 0 Å². The van der Waals surface area contributed by atoms with E-state index in [9.17, 15) is 19.8 Å². The second kappa shape index (κ2) is 35.2. The quantitative estimate of drug-likeness (QED) is 0.0926. The van der Waals surface area contributed by atoms with Gasteiger partial charge in [0.2, 0.25) is 0 Å².